The number of likely N-dealkylation sites (tertiary alicyclic amines) is 2. The molecule has 2 saturated heterocycles. The van der Waals surface area contributed by atoms with Crippen LogP contribution in [0.15, 0.2) is 29.1 Å². The standard InChI is InChI=1S/C15H19N3S2/c1-2-14(19-4-1)10-18-8-12-6-13(18)9-17(7-12)11-15-16-3-5-20-15/h1-5,12-13H,6-11H2. The highest BCUT2D eigenvalue weighted by atomic mass is 32.1. The molecular weight excluding hydrogens is 286 g/mol. The van der Waals surface area contributed by atoms with Gasteiger partial charge in [0.2, 0.25) is 0 Å². The number of piperidine rings is 1. The third-order valence-corrected chi connectivity index (χ3v) is 6.01. The fraction of sp³-hybridized carbons (Fsp3) is 0.533. The zero-order valence-corrected chi connectivity index (χ0v) is 13.1. The van der Waals surface area contributed by atoms with Crippen LogP contribution in [0.25, 0.3) is 0 Å². The summed E-state index contributed by atoms with van der Waals surface area (Å²) in [7, 11) is 0. The van der Waals surface area contributed by atoms with Crippen LogP contribution in [-0.4, -0.2) is 40.5 Å². The van der Waals surface area contributed by atoms with Gasteiger partial charge in [0, 0.05) is 48.7 Å². The lowest BCUT2D eigenvalue weighted by atomic mass is 10.0. The minimum absolute atomic E-state index is 0.746. The Balaban J connectivity index is 1.40. The van der Waals surface area contributed by atoms with E-state index in [4.69, 9.17) is 0 Å². The van der Waals surface area contributed by atoms with Gasteiger partial charge in [-0.3, -0.25) is 9.80 Å². The summed E-state index contributed by atoms with van der Waals surface area (Å²) < 4.78 is 0. The van der Waals surface area contributed by atoms with E-state index in [2.05, 4.69) is 37.7 Å². The van der Waals surface area contributed by atoms with Crippen LogP contribution in [0.5, 0.6) is 0 Å². The Labute approximate surface area is 127 Å². The Morgan fingerprint density at radius 2 is 2.15 bits per heavy atom. The lowest BCUT2D eigenvalue weighted by Crippen LogP contribution is -2.41. The molecule has 2 atom stereocenters. The van der Waals surface area contributed by atoms with Crippen molar-refractivity contribution in [2.24, 2.45) is 5.92 Å². The predicted molar refractivity (Wildman–Crippen MR) is 84.0 cm³/mol. The molecule has 2 aromatic rings. The number of aromatic nitrogens is 1. The molecule has 0 aromatic carbocycles. The second-order valence-corrected chi connectivity index (χ2v) is 7.90. The summed E-state index contributed by atoms with van der Waals surface area (Å²) in [5, 5.41) is 5.53. The van der Waals surface area contributed by atoms with Gasteiger partial charge in [0.05, 0.1) is 6.54 Å². The Kier molecular flexibility index (Phi) is 3.60. The maximum Gasteiger partial charge on any atom is 0.107 e. The number of thiophene rings is 1. The zero-order chi connectivity index (χ0) is 13.4. The van der Waals surface area contributed by atoms with E-state index in [1.165, 1.54) is 35.9 Å². The monoisotopic (exact) mass is 305 g/mol. The average Bonchev–Trinajstić information content (AvgIpc) is 3.14. The first-order valence-electron chi connectivity index (χ1n) is 7.24. The first-order chi connectivity index (χ1) is 9.87. The van der Waals surface area contributed by atoms with Gasteiger partial charge in [-0.25, -0.2) is 4.98 Å². The summed E-state index contributed by atoms with van der Waals surface area (Å²) >= 11 is 3.66. The highest BCUT2D eigenvalue weighted by Gasteiger charge is 2.38. The van der Waals surface area contributed by atoms with Crippen LogP contribution >= 0.6 is 22.7 Å². The number of rotatable bonds is 4. The molecule has 3 nitrogen and oxygen atoms in total. The lowest BCUT2D eigenvalue weighted by Gasteiger charge is -2.32. The van der Waals surface area contributed by atoms with Crippen molar-refractivity contribution in [2.45, 2.75) is 25.6 Å². The van der Waals surface area contributed by atoms with E-state index >= 15 is 0 Å². The van der Waals surface area contributed by atoms with E-state index in [0.29, 0.717) is 0 Å². The van der Waals surface area contributed by atoms with Crippen molar-refractivity contribution in [3.63, 3.8) is 0 Å². The maximum atomic E-state index is 4.43. The molecule has 0 saturated carbocycles. The minimum Gasteiger partial charge on any atom is -0.295 e. The molecule has 2 unspecified atom stereocenters. The first-order valence-corrected chi connectivity index (χ1v) is 9.00. The Hall–Kier alpha value is -0.750. The molecule has 0 spiro atoms. The molecule has 2 fully saturated rings. The molecule has 5 heteroatoms. The molecule has 20 heavy (non-hydrogen) atoms. The van der Waals surface area contributed by atoms with Gasteiger partial charge in [0.15, 0.2) is 0 Å². The van der Waals surface area contributed by atoms with Gasteiger partial charge in [0.25, 0.3) is 0 Å². The molecule has 2 bridgehead atoms. The highest BCUT2D eigenvalue weighted by Crippen LogP contribution is 2.32. The number of hydrogen-bond acceptors (Lipinski definition) is 5. The van der Waals surface area contributed by atoms with Gasteiger partial charge in [-0.15, -0.1) is 22.7 Å². The number of fused-ring (bicyclic) bond motifs is 2. The molecule has 0 N–H and O–H groups in total. The minimum atomic E-state index is 0.746. The Morgan fingerprint density at radius 3 is 2.95 bits per heavy atom. The lowest BCUT2D eigenvalue weighted by molar-refractivity contribution is 0.154. The largest absolute Gasteiger partial charge is 0.295 e. The van der Waals surface area contributed by atoms with E-state index in [0.717, 1.165) is 25.0 Å². The summed E-state index contributed by atoms with van der Waals surface area (Å²) in [6.45, 7) is 5.91. The van der Waals surface area contributed by atoms with E-state index in [1.54, 1.807) is 11.3 Å². The van der Waals surface area contributed by atoms with Gasteiger partial charge in [-0.2, -0.15) is 0 Å². The molecule has 0 radical (unpaired) electrons. The third-order valence-electron chi connectivity index (χ3n) is 4.38. The van der Waals surface area contributed by atoms with Crippen LogP contribution in [-0.2, 0) is 13.1 Å². The van der Waals surface area contributed by atoms with Crippen molar-refractivity contribution < 1.29 is 0 Å². The first kappa shape index (κ1) is 13.0. The summed E-state index contributed by atoms with van der Waals surface area (Å²) in [6.07, 6.45) is 3.31. The van der Waals surface area contributed by atoms with Crippen LogP contribution in [0.4, 0.5) is 0 Å². The van der Waals surface area contributed by atoms with Crippen molar-refractivity contribution in [3.05, 3.63) is 39.0 Å². The fourth-order valence-corrected chi connectivity index (χ4v) is 4.98. The van der Waals surface area contributed by atoms with Gasteiger partial charge in [-0.05, 0) is 23.8 Å². The zero-order valence-electron chi connectivity index (χ0n) is 11.4. The molecule has 106 valence electrons. The SMILES string of the molecule is c1csc(CN2CC3CC2CN(Cc2nccs2)C3)c1. The molecule has 2 aliphatic rings. The molecular formula is C15H19N3S2. The molecule has 4 heterocycles. The van der Waals surface area contributed by atoms with E-state index in [-0.39, 0.29) is 0 Å². The van der Waals surface area contributed by atoms with E-state index < -0.39 is 0 Å². The average molecular weight is 305 g/mol. The summed E-state index contributed by atoms with van der Waals surface area (Å²) in [4.78, 5) is 11.2. The highest BCUT2D eigenvalue weighted by molar-refractivity contribution is 7.10. The predicted octanol–water partition coefficient (Wildman–Crippen LogP) is 2.91. The smallest absolute Gasteiger partial charge is 0.107 e. The van der Waals surface area contributed by atoms with E-state index in [9.17, 15) is 0 Å². The Bertz CT molecular complexity index is 535. The fourth-order valence-electron chi connectivity index (χ4n) is 3.60. The van der Waals surface area contributed by atoms with Crippen LogP contribution in [0.2, 0.25) is 0 Å². The quantitative estimate of drug-likeness (QED) is 0.866. The van der Waals surface area contributed by atoms with Gasteiger partial charge in [0.1, 0.15) is 5.01 Å². The second-order valence-electron chi connectivity index (χ2n) is 5.88. The Morgan fingerprint density at radius 1 is 1.15 bits per heavy atom. The van der Waals surface area contributed by atoms with Crippen molar-refractivity contribution in [2.75, 3.05) is 19.6 Å². The third kappa shape index (κ3) is 2.68. The van der Waals surface area contributed by atoms with Gasteiger partial charge < -0.3 is 0 Å². The van der Waals surface area contributed by atoms with Crippen molar-refractivity contribution in [1.29, 1.82) is 0 Å². The van der Waals surface area contributed by atoms with Crippen molar-refractivity contribution >= 4 is 22.7 Å². The van der Waals surface area contributed by atoms with Gasteiger partial charge >= 0.3 is 0 Å². The summed E-state index contributed by atoms with van der Waals surface area (Å²) in [5.41, 5.74) is 0. The summed E-state index contributed by atoms with van der Waals surface area (Å²) in [6, 6.07) is 5.17. The van der Waals surface area contributed by atoms with Crippen LogP contribution < -0.4 is 0 Å². The maximum absolute atomic E-state index is 4.43. The molecule has 0 amide bonds. The second kappa shape index (κ2) is 5.56. The van der Waals surface area contributed by atoms with Crippen LogP contribution in [0, 0.1) is 5.92 Å². The summed E-state index contributed by atoms with van der Waals surface area (Å²) in [5.74, 6) is 0.855. The molecule has 4 rings (SSSR count). The van der Waals surface area contributed by atoms with Gasteiger partial charge in [-0.1, -0.05) is 6.07 Å². The topological polar surface area (TPSA) is 19.4 Å². The molecule has 0 aliphatic carbocycles. The van der Waals surface area contributed by atoms with Crippen molar-refractivity contribution in [3.8, 4) is 0 Å². The number of thiazole rings is 1. The van der Waals surface area contributed by atoms with E-state index in [1.807, 2.05) is 17.5 Å². The van der Waals surface area contributed by atoms with Crippen LogP contribution in [0.1, 0.15) is 16.3 Å². The normalized spacial score (nSPS) is 27.2. The molecule has 2 aliphatic heterocycles. The number of hydrogen-bond donors (Lipinski definition) is 0. The van der Waals surface area contributed by atoms with Crippen molar-refractivity contribution in [1.82, 2.24) is 14.8 Å². The van der Waals surface area contributed by atoms with Crippen LogP contribution in [0.3, 0.4) is 0 Å². The molecule has 2 aromatic heterocycles. The number of nitrogens with zero attached hydrogens (tertiary/aromatic N) is 3.